The van der Waals surface area contributed by atoms with E-state index >= 15 is 0 Å². The lowest BCUT2D eigenvalue weighted by molar-refractivity contribution is -0.125. The van der Waals surface area contributed by atoms with E-state index < -0.39 is 16.1 Å². The van der Waals surface area contributed by atoms with Gasteiger partial charge in [0.2, 0.25) is 15.9 Å². The number of carbonyl (C=O) groups is 1. The maximum Gasteiger partial charge on any atom is 0.238 e. The second-order valence-corrected chi connectivity index (χ2v) is 8.51. The highest BCUT2D eigenvalue weighted by atomic mass is 32.2. The average Bonchev–Trinajstić information content (AvgIpc) is 2.92. The van der Waals surface area contributed by atoms with Crippen LogP contribution in [0.25, 0.3) is 0 Å². The van der Waals surface area contributed by atoms with Crippen molar-refractivity contribution in [2.45, 2.75) is 45.2 Å². The number of piperidine rings is 1. The molecule has 1 unspecified atom stereocenters. The van der Waals surface area contributed by atoms with Gasteiger partial charge in [-0.15, -0.1) is 11.3 Å². The molecule has 1 amide bonds. The summed E-state index contributed by atoms with van der Waals surface area (Å²) in [5.74, 6) is -0.188. The maximum atomic E-state index is 12.3. The summed E-state index contributed by atoms with van der Waals surface area (Å²) in [5, 5.41) is 2.87. The van der Waals surface area contributed by atoms with E-state index in [4.69, 9.17) is 0 Å². The molecule has 1 atom stereocenters. The summed E-state index contributed by atoms with van der Waals surface area (Å²) in [4.78, 5) is 14.7. The largest absolute Gasteiger partial charge is 0.350 e. The minimum atomic E-state index is -3.33. The predicted octanol–water partition coefficient (Wildman–Crippen LogP) is 1.74. The number of hydrogen-bond donors (Lipinski definition) is 1. The van der Waals surface area contributed by atoms with Crippen molar-refractivity contribution < 1.29 is 13.2 Å². The zero-order valence-electron chi connectivity index (χ0n) is 12.5. The van der Waals surface area contributed by atoms with Crippen molar-refractivity contribution in [2.75, 3.05) is 12.8 Å². The topological polar surface area (TPSA) is 66.5 Å². The lowest BCUT2D eigenvalue weighted by Crippen LogP contribution is -2.51. The number of amides is 1. The molecule has 0 aliphatic carbocycles. The van der Waals surface area contributed by atoms with Crippen molar-refractivity contribution in [3.63, 3.8) is 0 Å². The van der Waals surface area contributed by atoms with Gasteiger partial charge < -0.3 is 5.32 Å². The van der Waals surface area contributed by atoms with E-state index in [1.165, 1.54) is 15.4 Å². The van der Waals surface area contributed by atoms with Gasteiger partial charge in [0.1, 0.15) is 6.04 Å². The Hall–Kier alpha value is -0.920. The molecule has 7 heteroatoms. The van der Waals surface area contributed by atoms with Crippen LogP contribution in [-0.4, -0.2) is 37.5 Å². The SMILES string of the molecule is CCc1ccc(CNC(=O)C2CCCCN2S(C)(=O)=O)s1. The number of hydrogen-bond acceptors (Lipinski definition) is 4. The number of rotatable bonds is 5. The first kappa shape index (κ1) is 16.5. The average molecular weight is 330 g/mol. The molecule has 0 bridgehead atoms. The van der Waals surface area contributed by atoms with Gasteiger partial charge in [-0.05, 0) is 31.4 Å². The molecule has 1 saturated heterocycles. The maximum absolute atomic E-state index is 12.3. The van der Waals surface area contributed by atoms with Crippen LogP contribution >= 0.6 is 11.3 Å². The van der Waals surface area contributed by atoms with Crippen molar-refractivity contribution in [1.82, 2.24) is 9.62 Å². The fourth-order valence-corrected chi connectivity index (χ4v) is 4.59. The van der Waals surface area contributed by atoms with Crippen molar-refractivity contribution in [3.8, 4) is 0 Å². The van der Waals surface area contributed by atoms with E-state index in [9.17, 15) is 13.2 Å². The zero-order chi connectivity index (χ0) is 15.5. The van der Waals surface area contributed by atoms with Gasteiger partial charge in [0.05, 0.1) is 12.8 Å². The standard InChI is InChI=1S/C14H22N2O3S2/c1-3-11-7-8-12(20-11)10-15-14(17)13-6-4-5-9-16(13)21(2,18)19/h7-8,13H,3-6,9-10H2,1-2H3,(H,15,17). The molecule has 1 aromatic heterocycles. The Morgan fingerprint density at radius 2 is 2.10 bits per heavy atom. The third-order valence-electron chi connectivity index (χ3n) is 3.68. The molecule has 1 fully saturated rings. The number of carbonyl (C=O) groups excluding carboxylic acids is 1. The fourth-order valence-electron chi connectivity index (χ4n) is 2.56. The molecule has 21 heavy (non-hydrogen) atoms. The molecular formula is C14H22N2O3S2. The molecule has 5 nitrogen and oxygen atoms in total. The van der Waals surface area contributed by atoms with Crippen LogP contribution in [0.15, 0.2) is 12.1 Å². The Morgan fingerprint density at radius 3 is 2.71 bits per heavy atom. The summed E-state index contributed by atoms with van der Waals surface area (Å²) in [6, 6.07) is 3.52. The normalized spacial score (nSPS) is 20.4. The van der Waals surface area contributed by atoms with Gasteiger partial charge in [-0.2, -0.15) is 4.31 Å². The first-order valence-electron chi connectivity index (χ1n) is 7.24. The Labute approximate surface area is 130 Å². The predicted molar refractivity (Wildman–Crippen MR) is 84.7 cm³/mol. The van der Waals surface area contributed by atoms with Gasteiger partial charge in [0.15, 0.2) is 0 Å². The lowest BCUT2D eigenvalue weighted by Gasteiger charge is -2.32. The number of nitrogens with zero attached hydrogens (tertiary/aromatic N) is 1. The van der Waals surface area contributed by atoms with Crippen molar-refractivity contribution >= 4 is 27.3 Å². The Balaban J connectivity index is 1.97. The minimum Gasteiger partial charge on any atom is -0.350 e. The monoisotopic (exact) mass is 330 g/mol. The van der Waals surface area contributed by atoms with Crippen LogP contribution in [0.3, 0.4) is 0 Å². The van der Waals surface area contributed by atoms with Crippen LogP contribution in [0.1, 0.15) is 35.9 Å². The van der Waals surface area contributed by atoms with Gasteiger partial charge in [0, 0.05) is 16.3 Å². The summed E-state index contributed by atoms with van der Waals surface area (Å²) in [6.45, 7) is 3.01. The Morgan fingerprint density at radius 1 is 1.38 bits per heavy atom. The molecule has 2 heterocycles. The van der Waals surface area contributed by atoms with Crippen LogP contribution in [-0.2, 0) is 27.8 Å². The minimum absolute atomic E-state index is 0.188. The van der Waals surface area contributed by atoms with Crippen LogP contribution in [0.4, 0.5) is 0 Å². The molecular weight excluding hydrogens is 308 g/mol. The van der Waals surface area contributed by atoms with Crippen LogP contribution in [0, 0.1) is 0 Å². The molecule has 1 aromatic rings. The quantitative estimate of drug-likeness (QED) is 0.894. The van der Waals surface area contributed by atoms with Crippen LogP contribution in [0.5, 0.6) is 0 Å². The van der Waals surface area contributed by atoms with E-state index in [1.54, 1.807) is 11.3 Å². The molecule has 0 radical (unpaired) electrons. The number of thiophene rings is 1. The van der Waals surface area contributed by atoms with Gasteiger partial charge >= 0.3 is 0 Å². The van der Waals surface area contributed by atoms with Crippen molar-refractivity contribution in [2.24, 2.45) is 0 Å². The Kier molecular flexibility index (Phi) is 5.40. The first-order valence-corrected chi connectivity index (χ1v) is 9.90. The molecule has 2 rings (SSSR count). The smallest absolute Gasteiger partial charge is 0.238 e. The summed E-state index contributed by atoms with van der Waals surface area (Å²) >= 11 is 1.68. The van der Waals surface area contributed by atoms with E-state index in [0.29, 0.717) is 19.5 Å². The van der Waals surface area contributed by atoms with Crippen molar-refractivity contribution in [1.29, 1.82) is 0 Å². The Bertz CT molecular complexity index is 595. The molecule has 0 spiro atoms. The second-order valence-electron chi connectivity index (χ2n) is 5.32. The fraction of sp³-hybridized carbons (Fsp3) is 0.643. The van der Waals surface area contributed by atoms with E-state index in [1.807, 2.05) is 6.07 Å². The van der Waals surface area contributed by atoms with E-state index in [2.05, 4.69) is 18.3 Å². The zero-order valence-corrected chi connectivity index (χ0v) is 14.1. The van der Waals surface area contributed by atoms with E-state index in [-0.39, 0.29) is 5.91 Å². The highest BCUT2D eigenvalue weighted by Crippen LogP contribution is 2.21. The molecule has 0 saturated carbocycles. The molecule has 1 aliphatic heterocycles. The summed E-state index contributed by atoms with van der Waals surface area (Å²) < 4.78 is 24.9. The molecule has 118 valence electrons. The second kappa shape index (κ2) is 6.89. The number of sulfonamides is 1. The number of nitrogens with one attached hydrogen (secondary N) is 1. The summed E-state index contributed by atoms with van der Waals surface area (Å²) in [7, 11) is -3.33. The first-order chi connectivity index (χ1) is 9.91. The van der Waals surface area contributed by atoms with Crippen LogP contribution in [0.2, 0.25) is 0 Å². The lowest BCUT2D eigenvalue weighted by atomic mass is 10.0. The highest BCUT2D eigenvalue weighted by Gasteiger charge is 2.34. The van der Waals surface area contributed by atoms with Gasteiger partial charge in [-0.1, -0.05) is 13.3 Å². The van der Waals surface area contributed by atoms with Gasteiger partial charge in [-0.3, -0.25) is 4.79 Å². The highest BCUT2D eigenvalue weighted by molar-refractivity contribution is 7.88. The molecule has 0 aromatic carbocycles. The van der Waals surface area contributed by atoms with Gasteiger partial charge in [-0.25, -0.2) is 8.42 Å². The summed E-state index contributed by atoms with van der Waals surface area (Å²) in [5.41, 5.74) is 0. The molecule has 1 aliphatic rings. The summed E-state index contributed by atoms with van der Waals surface area (Å²) in [6.07, 6.45) is 4.47. The molecule has 1 N–H and O–H groups in total. The third-order valence-corrected chi connectivity index (χ3v) is 6.20. The third kappa shape index (κ3) is 4.28. The van der Waals surface area contributed by atoms with Gasteiger partial charge in [0.25, 0.3) is 0 Å². The number of aryl methyl sites for hydroxylation is 1. The van der Waals surface area contributed by atoms with Crippen LogP contribution < -0.4 is 5.32 Å². The van der Waals surface area contributed by atoms with E-state index in [0.717, 1.165) is 24.1 Å². The van der Waals surface area contributed by atoms with Crippen molar-refractivity contribution in [3.05, 3.63) is 21.9 Å².